The van der Waals surface area contributed by atoms with Gasteiger partial charge >= 0.3 is 0 Å². The average molecular weight is 615 g/mol. The second-order valence-corrected chi connectivity index (χ2v) is 11.2. The molecule has 3 aliphatic heterocycles. The molecule has 19 atom stereocenters. The lowest BCUT2D eigenvalue weighted by atomic mass is 9.84. The van der Waals surface area contributed by atoms with E-state index >= 15 is 0 Å². The molecule has 0 aromatic carbocycles. The average Bonchev–Trinajstić information content (AvgIpc) is 3.27. The van der Waals surface area contributed by atoms with Gasteiger partial charge in [0.2, 0.25) is 0 Å². The maximum absolute atomic E-state index is 11.1. The van der Waals surface area contributed by atoms with E-state index in [1.165, 1.54) is 0 Å². The summed E-state index contributed by atoms with van der Waals surface area (Å²) in [6.45, 7) is -0.967. The topological polar surface area (TPSA) is 353 Å². The van der Waals surface area contributed by atoms with Gasteiger partial charge in [-0.2, -0.15) is 0 Å². The van der Waals surface area contributed by atoms with Crippen molar-refractivity contribution in [2.24, 2.45) is 34.4 Å². The van der Waals surface area contributed by atoms with Gasteiger partial charge in [0.15, 0.2) is 18.9 Å². The van der Waals surface area contributed by atoms with Crippen LogP contribution in [0.25, 0.3) is 0 Å². The van der Waals surface area contributed by atoms with Crippen LogP contribution in [0.15, 0.2) is 0 Å². The van der Waals surface area contributed by atoms with Gasteiger partial charge in [-0.1, -0.05) is 0 Å². The van der Waals surface area contributed by atoms with Crippen LogP contribution >= 0.6 is 0 Å². The Bertz CT molecular complexity index is 868. The second-order valence-electron chi connectivity index (χ2n) is 11.2. The van der Waals surface area contributed by atoms with E-state index in [1.54, 1.807) is 0 Å². The van der Waals surface area contributed by atoms with Gasteiger partial charge in [0, 0.05) is 25.2 Å². The summed E-state index contributed by atoms with van der Waals surface area (Å²) in [5.74, 6) is 0. The van der Waals surface area contributed by atoms with Crippen LogP contribution in [-0.2, 0) is 28.4 Å². The van der Waals surface area contributed by atoms with E-state index < -0.39 is 123 Å². The predicted octanol–water partition coefficient (Wildman–Crippen LogP) is -8.90. The molecular weight excluding hydrogens is 568 g/mol. The van der Waals surface area contributed by atoms with E-state index in [0.717, 1.165) is 0 Å². The molecule has 0 spiro atoms. The van der Waals surface area contributed by atoms with E-state index in [0.29, 0.717) is 0 Å². The number of hydrogen-bond acceptors (Lipinski definition) is 19. The maximum atomic E-state index is 11.1. The van der Waals surface area contributed by atoms with Gasteiger partial charge < -0.3 is 98.6 Å². The smallest absolute Gasteiger partial charge is 0.187 e. The molecule has 4 fully saturated rings. The SMILES string of the molecule is NC[C@@H]1O[C@H](O[C@H]2[C@@H](O)[C@H](O[C@@H]3[C@@H](O)[C@H](N)C[C@@H](N)[C@H]3O[C@H]3O[C@H](CN)[C@@H](O)[C@H](O)[C@H]3N)O[C@@H]2CO)[C@H](N)[C@@H](O)[C@@H]1O. The van der Waals surface area contributed by atoms with Crippen molar-refractivity contribution in [2.45, 2.75) is 123 Å². The predicted molar refractivity (Wildman–Crippen MR) is 138 cm³/mol. The zero-order chi connectivity index (χ0) is 31.0. The first-order valence-corrected chi connectivity index (χ1v) is 13.9. The van der Waals surface area contributed by atoms with E-state index in [-0.39, 0.29) is 19.5 Å². The van der Waals surface area contributed by atoms with Crippen molar-refractivity contribution in [3.8, 4) is 0 Å². The fraction of sp³-hybridized carbons (Fsp3) is 1.00. The Morgan fingerprint density at radius 3 is 1.45 bits per heavy atom. The Morgan fingerprint density at radius 2 is 0.976 bits per heavy atom. The molecule has 42 heavy (non-hydrogen) atoms. The summed E-state index contributed by atoms with van der Waals surface area (Å²) in [5, 5.41) is 73.0. The molecule has 19 heteroatoms. The quantitative estimate of drug-likeness (QED) is 0.115. The minimum absolute atomic E-state index is 0.0889. The van der Waals surface area contributed by atoms with Crippen LogP contribution in [0, 0.1) is 0 Å². The van der Waals surface area contributed by atoms with Crippen LogP contribution in [-0.4, -0.2) is 172 Å². The van der Waals surface area contributed by atoms with Crippen molar-refractivity contribution in [1.29, 1.82) is 0 Å². The van der Waals surface area contributed by atoms with Gasteiger partial charge in [0.25, 0.3) is 0 Å². The van der Waals surface area contributed by atoms with Crippen molar-refractivity contribution in [1.82, 2.24) is 0 Å². The summed E-state index contributed by atoms with van der Waals surface area (Å²) >= 11 is 0. The van der Waals surface area contributed by atoms with Crippen molar-refractivity contribution >= 4 is 0 Å². The molecule has 1 saturated carbocycles. The molecule has 0 bridgehead atoms. The summed E-state index contributed by atoms with van der Waals surface area (Å²) in [4.78, 5) is 0. The van der Waals surface area contributed by atoms with E-state index in [2.05, 4.69) is 0 Å². The van der Waals surface area contributed by atoms with Crippen molar-refractivity contribution < 1.29 is 64.2 Å². The van der Waals surface area contributed by atoms with Crippen molar-refractivity contribution in [3.05, 3.63) is 0 Å². The molecule has 19 nitrogen and oxygen atoms in total. The Morgan fingerprint density at radius 1 is 0.524 bits per heavy atom. The third-order valence-electron chi connectivity index (χ3n) is 8.37. The fourth-order valence-corrected chi connectivity index (χ4v) is 5.74. The van der Waals surface area contributed by atoms with Crippen molar-refractivity contribution in [2.75, 3.05) is 19.7 Å². The monoisotopic (exact) mass is 614 g/mol. The Kier molecular flexibility index (Phi) is 11.5. The van der Waals surface area contributed by atoms with Gasteiger partial charge in [0.1, 0.15) is 67.1 Å². The summed E-state index contributed by atoms with van der Waals surface area (Å²) in [6, 6.07) is -4.18. The van der Waals surface area contributed by atoms with Gasteiger partial charge in [-0.3, -0.25) is 0 Å². The number of ether oxygens (including phenoxy) is 6. The van der Waals surface area contributed by atoms with Crippen LogP contribution in [0.5, 0.6) is 0 Å². The largest absolute Gasteiger partial charge is 0.394 e. The standard InChI is InChI=1S/C23H46N6O13/c24-2-7-13(32)15(34)10(28)21(37-7)40-18-6(27)1-5(26)12(31)20(18)42-23-17(36)19(9(4-30)39-23)41-22-11(29)16(35)14(33)8(3-25)38-22/h5-23,30-36H,1-4,24-29H2/t5-,6-,7-,8+,9-,10-,11-,12+,13-,14-,15-,16-,17-,18-,19-,20-,21-,22-,23+/m1/s1. The van der Waals surface area contributed by atoms with Crippen LogP contribution in [0.4, 0.5) is 0 Å². The van der Waals surface area contributed by atoms with E-state index in [4.69, 9.17) is 62.8 Å². The van der Waals surface area contributed by atoms with Crippen molar-refractivity contribution in [3.63, 3.8) is 0 Å². The molecule has 0 radical (unpaired) electrons. The molecule has 3 saturated heterocycles. The second kappa shape index (κ2) is 14.1. The molecule has 3 heterocycles. The molecule has 0 aromatic heterocycles. The molecule has 1 aliphatic carbocycles. The van der Waals surface area contributed by atoms with Gasteiger partial charge in [-0.05, 0) is 6.42 Å². The molecule has 0 amide bonds. The molecule has 4 rings (SSSR count). The van der Waals surface area contributed by atoms with Gasteiger partial charge in [-0.25, -0.2) is 0 Å². The lowest BCUT2D eigenvalue weighted by molar-refractivity contribution is -0.306. The highest BCUT2D eigenvalue weighted by molar-refractivity contribution is 5.02. The lowest BCUT2D eigenvalue weighted by Crippen LogP contribution is -2.68. The van der Waals surface area contributed by atoms with E-state index in [1.807, 2.05) is 0 Å². The Balaban J connectivity index is 1.50. The van der Waals surface area contributed by atoms with Crippen LogP contribution < -0.4 is 34.4 Å². The highest BCUT2D eigenvalue weighted by Crippen LogP contribution is 2.34. The minimum atomic E-state index is -1.60. The number of aliphatic hydroxyl groups is 7. The van der Waals surface area contributed by atoms with Crippen LogP contribution in [0.1, 0.15) is 6.42 Å². The normalized spacial score (nSPS) is 53.8. The molecule has 0 unspecified atom stereocenters. The van der Waals surface area contributed by atoms with Crippen LogP contribution in [0.2, 0.25) is 0 Å². The zero-order valence-electron chi connectivity index (χ0n) is 22.8. The molecule has 0 aromatic rings. The summed E-state index contributed by atoms with van der Waals surface area (Å²) < 4.78 is 34.6. The molecule has 246 valence electrons. The highest BCUT2D eigenvalue weighted by Gasteiger charge is 2.54. The molecule has 4 aliphatic rings. The lowest BCUT2D eigenvalue weighted by Gasteiger charge is -2.47. The Hall–Kier alpha value is -0.760. The van der Waals surface area contributed by atoms with E-state index in [9.17, 15) is 35.7 Å². The third-order valence-corrected chi connectivity index (χ3v) is 8.37. The molecule has 19 N–H and O–H groups in total. The Labute approximate surface area is 241 Å². The third kappa shape index (κ3) is 6.60. The summed E-state index contributed by atoms with van der Waals surface area (Å²) in [6.07, 6.45) is -19.8. The first-order valence-electron chi connectivity index (χ1n) is 13.9. The zero-order valence-corrected chi connectivity index (χ0v) is 22.8. The first kappa shape index (κ1) is 34.1. The van der Waals surface area contributed by atoms with Gasteiger partial charge in [-0.15, -0.1) is 0 Å². The first-order chi connectivity index (χ1) is 19.8. The van der Waals surface area contributed by atoms with Gasteiger partial charge in [0.05, 0.1) is 24.8 Å². The maximum Gasteiger partial charge on any atom is 0.187 e. The number of hydrogen-bond donors (Lipinski definition) is 13. The number of aliphatic hydroxyl groups excluding tert-OH is 7. The number of nitrogens with two attached hydrogens (primary N) is 6. The van der Waals surface area contributed by atoms with Crippen LogP contribution in [0.3, 0.4) is 0 Å². The minimum Gasteiger partial charge on any atom is -0.394 e. The molecular formula is C23H46N6O13. The number of rotatable bonds is 9. The summed E-state index contributed by atoms with van der Waals surface area (Å²) in [5.41, 5.74) is 35.6. The highest BCUT2D eigenvalue weighted by atomic mass is 16.8. The summed E-state index contributed by atoms with van der Waals surface area (Å²) in [7, 11) is 0. The fourth-order valence-electron chi connectivity index (χ4n) is 5.74.